The third-order valence-corrected chi connectivity index (χ3v) is 20.8. The maximum Gasteiger partial charge on any atom is 0.472 e. The number of aliphatic hydroxyl groups excluding tert-OH is 1. The van der Waals surface area contributed by atoms with Gasteiger partial charge in [-0.3, -0.25) is 37.3 Å². The molecule has 0 aromatic rings. The van der Waals surface area contributed by atoms with Crippen LogP contribution in [0.1, 0.15) is 432 Å². The number of carbonyl (C=O) groups is 4. The Hall–Kier alpha value is -1.94. The van der Waals surface area contributed by atoms with Gasteiger partial charge in [-0.2, -0.15) is 0 Å². The van der Waals surface area contributed by atoms with E-state index in [1.165, 1.54) is 257 Å². The molecule has 0 spiro atoms. The molecule has 0 heterocycles. The molecule has 588 valence electrons. The summed E-state index contributed by atoms with van der Waals surface area (Å²) in [5.41, 5.74) is 0. The van der Waals surface area contributed by atoms with Gasteiger partial charge < -0.3 is 33.8 Å². The van der Waals surface area contributed by atoms with Gasteiger partial charge >= 0.3 is 39.5 Å². The van der Waals surface area contributed by atoms with Crippen LogP contribution in [0.25, 0.3) is 0 Å². The monoisotopic (exact) mass is 1450 g/mol. The van der Waals surface area contributed by atoms with Crippen molar-refractivity contribution in [2.24, 2.45) is 0 Å². The molecule has 0 aliphatic rings. The van der Waals surface area contributed by atoms with Crippen molar-refractivity contribution in [1.29, 1.82) is 0 Å². The number of hydrogen-bond donors (Lipinski definition) is 3. The van der Waals surface area contributed by atoms with Gasteiger partial charge in [-0.15, -0.1) is 0 Å². The summed E-state index contributed by atoms with van der Waals surface area (Å²) in [6, 6.07) is 0. The molecule has 0 fully saturated rings. The highest BCUT2D eigenvalue weighted by Crippen LogP contribution is 2.45. The molecule has 2 unspecified atom stereocenters. The molecule has 5 atom stereocenters. The van der Waals surface area contributed by atoms with Crippen molar-refractivity contribution >= 4 is 39.5 Å². The zero-order chi connectivity index (χ0) is 72.5. The van der Waals surface area contributed by atoms with Crippen LogP contribution >= 0.6 is 15.6 Å². The summed E-state index contributed by atoms with van der Waals surface area (Å²) in [7, 11) is -9.90. The first kappa shape index (κ1) is 97.1. The normalized spacial score (nSPS) is 13.8. The predicted octanol–water partition coefficient (Wildman–Crippen LogP) is 24.2. The van der Waals surface area contributed by atoms with Crippen LogP contribution in [0.4, 0.5) is 0 Å². The van der Waals surface area contributed by atoms with Gasteiger partial charge in [0.25, 0.3) is 0 Å². The summed E-state index contributed by atoms with van der Waals surface area (Å²) in [5.74, 6) is -2.12. The van der Waals surface area contributed by atoms with E-state index in [-0.39, 0.29) is 25.7 Å². The lowest BCUT2D eigenvalue weighted by Gasteiger charge is -2.21. The average Bonchev–Trinajstić information content (AvgIpc) is 1.05. The van der Waals surface area contributed by atoms with Crippen LogP contribution in [0.5, 0.6) is 0 Å². The number of ether oxygens (including phenoxy) is 4. The molecule has 17 nitrogen and oxygen atoms in total. The molecule has 0 rings (SSSR count). The van der Waals surface area contributed by atoms with Crippen LogP contribution in [0, 0.1) is 0 Å². The summed E-state index contributed by atoms with van der Waals surface area (Å²) in [4.78, 5) is 72.7. The molecule has 19 heteroatoms. The van der Waals surface area contributed by atoms with Crippen molar-refractivity contribution in [2.75, 3.05) is 39.6 Å². The molecule has 99 heavy (non-hydrogen) atoms. The molecular weight excluding hydrogens is 1290 g/mol. The first-order chi connectivity index (χ1) is 48.2. The Bertz CT molecular complexity index is 1880. The van der Waals surface area contributed by atoms with Gasteiger partial charge in [-0.1, -0.05) is 381 Å². The number of unbranched alkanes of at least 4 members (excludes halogenated alkanes) is 55. The van der Waals surface area contributed by atoms with Gasteiger partial charge in [-0.25, -0.2) is 9.13 Å². The van der Waals surface area contributed by atoms with Gasteiger partial charge in [0, 0.05) is 25.7 Å². The van der Waals surface area contributed by atoms with Crippen molar-refractivity contribution in [1.82, 2.24) is 0 Å². The Morgan fingerprint density at radius 2 is 0.404 bits per heavy atom. The van der Waals surface area contributed by atoms with Crippen LogP contribution < -0.4 is 0 Å². The van der Waals surface area contributed by atoms with E-state index in [9.17, 15) is 43.2 Å². The quantitative estimate of drug-likeness (QED) is 0.0222. The SMILES string of the molecule is CCCCCCCCCCCCCCCCCCCCCCCC(=O)O[C@H](COC(=O)CCCCCCCCCCCCCCCCCCCC)COP(=O)(O)OC[C@@H](O)COP(=O)(O)OC[C@@H](COC(=O)CCCCCCC)OC(=O)CCCCCCCCCCCCCCCCC. The van der Waals surface area contributed by atoms with E-state index in [4.69, 9.17) is 37.0 Å². The van der Waals surface area contributed by atoms with E-state index in [0.717, 1.165) is 96.3 Å². The number of esters is 4. The van der Waals surface area contributed by atoms with Gasteiger partial charge in [0.2, 0.25) is 0 Å². The van der Waals surface area contributed by atoms with Crippen LogP contribution in [-0.2, 0) is 65.4 Å². The molecule has 0 aliphatic carbocycles. The maximum absolute atomic E-state index is 13.1. The van der Waals surface area contributed by atoms with Gasteiger partial charge in [-0.05, 0) is 25.7 Å². The minimum Gasteiger partial charge on any atom is -0.462 e. The van der Waals surface area contributed by atoms with Crippen LogP contribution in [0.3, 0.4) is 0 Å². The molecule has 0 bridgehead atoms. The van der Waals surface area contributed by atoms with E-state index < -0.39 is 97.5 Å². The van der Waals surface area contributed by atoms with Crippen molar-refractivity contribution in [3.63, 3.8) is 0 Å². The number of hydrogen-bond acceptors (Lipinski definition) is 15. The largest absolute Gasteiger partial charge is 0.472 e. The zero-order valence-electron chi connectivity index (χ0n) is 64.5. The molecule has 0 aliphatic heterocycles. The fraction of sp³-hybridized carbons (Fsp3) is 0.950. The zero-order valence-corrected chi connectivity index (χ0v) is 66.3. The summed E-state index contributed by atoms with van der Waals surface area (Å²) >= 11 is 0. The number of phosphoric ester groups is 2. The lowest BCUT2D eigenvalue weighted by Crippen LogP contribution is -2.30. The summed E-state index contributed by atoms with van der Waals surface area (Å²) in [5, 5.41) is 10.6. The molecule has 0 saturated heterocycles. The van der Waals surface area contributed by atoms with E-state index in [2.05, 4.69) is 27.7 Å². The first-order valence-corrected chi connectivity index (χ1v) is 44.8. The molecule has 3 N–H and O–H groups in total. The Labute approximate surface area is 607 Å². The van der Waals surface area contributed by atoms with Crippen molar-refractivity contribution in [2.45, 2.75) is 451 Å². The third kappa shape index (κ3) is 74.1. The minimum atomic E-state index is -4.96. The summed E-state index contributed by atoms with van der Waals surface area (Å²) in [6.45, 7) is 4.93. The Kier molecular flexibility index (Phi) is 72.9. The van der Waals surface area contributed by atoms with E-state index in [1.54, 1.807) is 0 Å². The highest BCUT2D eigenvalue weighted by atomic mass is 31.2. The lowest BCUT2D eigenvalue weighted by molar-refractivity contribution is -0.161. The maximum atomic E-state index is 13.1. The second kappa shape index (κ2) is 74.3. The fourth-order valence-corrected chi connectivity index (χ4v) is 14.0. The van der Waals surface area contributed by atoms with Gasteiger partial charge in [0.1, 0.15) is 19.3 Å². The van der Waals surface area contributed by atoms with Crippen molar-refractivity contribution < 1.29 is 80.2 Å². The van der Waals surface area contributed by atoms with E-state index in [1.807, 2.05) is 0 Å². The molecule has 0 saturated carbocycles. The highest BCUT2D eigenvalue weighted by molar-refractivity contribution is 7.47. The standard InChI is InChI=1S/C80H156O17P2/c1-5-9-13-17-20-23-26-29-32-34-36-37-38-40-43-46-49-52-55-59-63-67-80(85)97-76(71-91-78(83)65-61-57-53-50-47-44-42-39-35-33-30-27-24-21-18-14-10-6-2)73-95-99(88,89)93-69-74(81)68-92-98(86,87)94-72-75(70-90-77(82)64-60-56-16-12-8-4)96-79(84)66-62-58-54-51-48-45-41-31-28-25-22-19-15-11-7-3/h74-76,81H,5-73H2,1-4H3,(H,86,87)(H,88,89)/t74-,75+,76+/m0/s1. The van der Waals surface area contributed by atoms with Crippen molar-refractivity contribution in [3.05, 3.63) is 0 Å². The number of aliphatic hydroxyl groups is 1. The number of rotatable bonds is 81. The second-order valence-electron chi connectivity index (χ2n) is 28.8. The van der Waals surface area contributed by atoms with Gasteiger partial charge in [0.15, 0.2) is 12.2 Å². The molecule has 0 aromatic carbocycles. The average molecular weight is 1450 g/mol. The highest BCUT2D eigenvalue weighted by Gasteiger charge is 2.30. The Morgan fingerprint density at radius 3 is 0.596 bits per heavy atom. The first-order valence-electron chi connectivity index (χ1n) is 41.8. The second-order valence-corrected chi connectivity index (χ2v) is 31.7. The van der Waals surface area contributed by atoms with E-state index >= 15 is 0 Å². The van der Waals surface area contributed by atoms with Crippen molar-refractivity contribution in [3.8, 4) is 0 Å². The predicted molar refractivity (Wildman–Crippen MR) is 405 cm³/mol. The molecule has 0 radical (unpaired) electrons. The lowest BCUT2D eigenvalue weighted by atomic mass is 10.0. The van der Waals surface area contributed by atoms with Crippen LogP contribution in [0.2, 0.25) is 0 Å². The minimum absolute atomic E-state index is 0.108. The fourth-order valence-electron chi connectivity index (χ4n) is 12.5. The van der Waals surface area contributed by atoms with Gasteiger partial charge in [0.05, 0.1) is 26.4 Å². The summed E-state index contributed by atoms with van der Waals surface area (Å²) in [6.07, 6.45) is 67.1. The Morgan fingerprint density at radius 1 is 0.242 bits per heavy atom. The Balaban J connectivity index is 5.11. The number of carbonyl (C=O) groups excluding carboxylic acids is 4. The third-order valence-electron chi connectivity index (χ3n) is 18.9. The molecule has 0 aromatic heterocycles. The molecule has 0 amide bonds. The smallest absolute Gasteiger partial charge is 0.462 e. The molecular formula is C80H156O17P2. The van der Waals surface area contributed by atoms with E-state index in [0.29, 0.717) is 25.7 Å². The number of phosphoric acid groups is 2. The van der Waals surface area contributed by atoms with Crippen LogP contribution in [0.15, 0.2) is 0 Å². The topological polar surface area (TPSA) is 237 Å². The van der Waals surface area contributed by atoms with Crippen LogP contribution in [-0.4, -0.2) is 96.7 Å². The summed E-state index contributed by atoms with van der Waals surface area (Å²) < 4.78 is 68.4.